The number of aryl methyl sites for hydroxylation is 2. The van der Waals surface area contributed by atoms with E-state index in [0.29, 0.717) is 28.5 Å². The van der Waals surface area contributed by atoms with Crippen LogP contribution in [0.2, 0.25) is 10.0 Å². The third kappa shape index (κ3) is 6.65. The van der Waals surface area contributed by atoms with Gasteiger partial charge in [-0.3, -0.25) is 10.4 Å². The van der Waals surface area contributed by atoms with Crippen molar-refractivity contribution in [1.82, 2.24) is 20.2 Å². The number of carbonyl (C=O) groups excluding carboxylic acids is 1. The summed E-state index contributed by atoms with van der Waals surface area (Å²) in [4.78, 5) is 15.5. The fourth-order valence-corrected chi connectivity index (χ4v) is 5.25. The van der Waals surface area contributed by atoms with E-state index in [1.165, 1.54) is 0 Å². The van der Waals surface area contributed by atoms with Crippen molar-refractivity contribution >= 4 is 29.5 Å². The zero-order valence-corrected chi connectivity index (χ0v) is 23.9. The van der Waals surface area contributed by atoms with Crippen LogP contribution in [0.1, 0.15) is 24.1 Å². The fraction of sp³-hybridized carbons (Fsp3) is 0.258. The van der Waals surface area contributed by atoms with E-state index in [0.717, 1.165) is 64.0 Å². The van der Waals surface area contributed by atoms with Gasteiger partial charge in [-0.25, -0.2) is 0 Å². The zero-order chi connectivity index (χ0) is 27.9. The molecule has 8 heteroatoms. The maximum absolute atomic E-state index is 10.7. The van der Waals surface area contributed by atoms with Gasteiger partial charge in [-0.05, 0) is 49.7 Å². The fourth-order valence-electron chi connectivity index (χ4n) is 4.59. The molecule has 4 rings (SSSR count). The Morgan fingerprint density at radius 2 is 1.64 bits per heavy atom. The number of nitrogens with zero attached hydrogens (tertiary/aromatic N) is 2. The number of aldehydes is 1. The monoisotopic (exact) mass is 561 g/mol. The number of halogens is 2. The Morgan fingerprint density at radius 1 is 0.974 bits per heavy atom. The maximum Gasteiger partial charge on any atom is 0.124 e. The minimum absolute atomic E-state index is 0.245. The van der Waals surface area contributed by atoms with Crippen LogP contribution in [0, 0.1) is 12.3 Å². The molecule has 6 nitrogen and oxygen atoms in total. The lowest BCUT2D eigenvalue weighted by atomic mass is 9.97. The summed E-state index contributed by atoms with van der Waals surface area (Å²) in [6.07, 6.45) is 4.22. The summed E-state index contributed by atoms with van der Waals surface area (Å²) in [6, 6.07) is 19.8. The Labute approximate surface area is 239 Å². The van der Waals surface area contributed by atoms with Crippen LogP contribution in [-0.2, 0) is 18.4 Å². The van der Waals surface area contributed by atoms with Crippen LogP contribution >= 0.6 is 23.2 Å². The Kier molecular flexibility index (Phi) is 9.70. The van der Waals surface area contributed by atoms with Gasteiger partial charge in [0.15, 0.2) is 0 Å². The molecule has 1 atom stereocenters. The first-order chi connectivity index (χ1) is 18.8. The van der Waals surface area contributed by atoms with Gasteiger partial charge in [-0.1, -0.05) is 65.7 Å². The molecule has 0 aliphatic rings. The number of hydrogen-bond acceptors (Lipinski definition) is 5. The summed E-state index contributed by atoms with van der Waals surface area (Å²) in [5, 5.41) is 15.8. The van der Waals surface area contributed by atoms with Gasteiger partial charge in [0.25, 0.3) is 0 Å². The second-order valence-electron chi connectivity index (χ2n) is 9.55. The van der Waals surface area contributed by atoms with Gasteiger partial charge in [0.1, 0.15) is 11.8 Å². The Hall–Kier alpha value is -3.29. The number of nitrogens with one attached hydrogen (secondary N) is 3. The van der Waals surface area contributed by atoms with Gasteiger partial charge in [0.05, 0.1) is 15.7 Å². The topological polar surface area (TPSA) is 82.8 Å². The van der Waals surface area contributed by atoms with Crippen LogP contribution < -0.4 is 16.1 Å². The normalized spacial score (nSPS) is 11.9. The van der Waals surface area contributed by atoms with E-state index in [4.69, 9.17) is 33.6 Å². The van der Waals surface area contributed by atoms with Crippen molar-refractivity contribution in [2.45, 2.75) is 32.4 Å². The second kappa shape index (κ2) is 13.2. The highest BCUT2D eigenvalue weighted by Crippen LogP contribution is 2.42. The van der Waals surface area contributed by atoms with Crippen LogP contribution in [0.5, 0.6) is 0 Å². The molecular formula is C31H33Cl2N5O. The quantitative estimate of drug-likeness (QED) is 0.191. The van der Waals surface area contributed by atoms with Gasteiger partial charge in [0.2, 0.25) is 0 Å². The molecule has 2 heterocycles. The molecule has 3 N–H and O–H groups in total. The molecule has 2 aromatic heterocycles. The summed E-state index contributed by atoms with van der Waals surface area (Å²) in [7, 11) is 3.76. The van der Waals surface area contributed by atoms with E-state index < -0.39 is 0 Å². The lowest BCUT2D eigenvalue weighted by Gasteiger charge is -2.17. The number of pyridine rings is 2. The third-order valence-corrected chi connectivity index (χ3v) is 7.77. The summed E-state index contributed by atoms with van der Waals surface area (Å²) in [5.41, 5.74) is 7.58. The summed E-state index contributed by atoms with van der Waals surface area (Å²) in [5.74, 6) is 0. The van der Waals surface area contributed by atoms with E-state index in [9.17, 15) is 4.79 Å². The number of aromatic nitrogens is 2. The van der Waals surface area contributed by atoms with Crippen molar-refractivity contribution in [2.75, 3.05) is 13.6 Å². The summed E-state index contributed by atoms with van der Waals surface area (Å²) < 4.78 is 1.76. The van der Waals surface area contributed by atoms with E-state index in [2.05, 4.69) is 16.7 Å². The third-order valence-electron chi connectivity index (χ3n) is 6.95. The van der Waals surface area contributed by atoms with Crippen molar-refractivity contribution in [2.24, 2.45) is 7.05 Å². The molecule has 39 heavy (non-hydrogen) atoms. The molecule has 1 unspecified atom stereocenters. The predicted octanol–water partition coefficient (Wildman–Crippen LogP) is 6.17. The molecule has 0 fully saturated rings. The van der Waals surface area contributed by atoms with Gasteiger partial charge >= 0.3 is 0 Å². The smallest absolute Gasteiger partial charge is 0.124 e. The Bertz CT molecular complexity index is 1530. The lowest BCUT2D eigenvalue weighted by molar-refractivity contribution is -0.108. The van der Waals surface area contributed by atoms with Crippen molar-refractivity contribution in [3.8, 4) is 33.5 Å². The molecular weight excluding hydrogens is 529 g/mol. The van der Waals surface area contributed by atoms with Crippen LogP contribution in [0.15, 0.2) is 66.9 Å². The van der Waals surface area contributed by atoms with Gasteiger partial charge < -0.3 is 20.0 Å². The highest BCUT2D eigenvalue weighted by Gasteiger charge is 2.16. The largest absolute Gasteiger partial charge is 0.336 e. The minimum Gasteiger partial charge on any atom is -0.336 e. The van der Waals surface area contributed by atoms with Crippen LogP contribution in [-0.4, -0.2) is 35.5 Å². The van der Waals surface area contributed by atoms with Crippen LogP contribution in [0.25, 0.3) is 33.5 Å². The van der Waals surface area contributed by atoms with Crippen LogP contribution in [0.4, 0.5) is 0 Å². The molecule has 0 spiro atoms. The molecule has 0 aliphatic heterocycles. The molecule has 0 radical (unpaired) electrons. The number of likely N-dealkylation sites (N-methyl/N-ethyl adjacent to an activating group) is 1. The van der Waals surface area contributed by atoms with Gasteiger partial charge in [-0.15, -0.1) is 0 Å². The van der Waals surface area contributed by atoms with Crippen molar-refractivity contribution < 1.29 is 4.79 Å². The number of rotatable bonds is 11. The molecule has 0 saturated carbocycles. The molecule has 0 amide bonds. The summed E-state index contributed by atoms with van der Waals surface area (Å²) >= 11 is 13.9. The van der Waals surface area contributed by atoms with Gasteiger partial charge in [0, 0.05) is 66.7 Å². The molecule has 0 aliphatic carbocycles. The van der Waals surface area contributed by atoms with Crippen LogP contribution in [0.3, 0.4) is 0 Å². The van der Waals surface area contributed by atoms with Crippen molar-refractivity contribution in [3.05, 3.63) is 93.7 Å². The van der Waals surface area contributed by atoms with E-state index >= 15 is 0 Å². The van der Waals surface area contributed by atoms with E-state index in [1.807, 2.05) is 75.7 Å². The van der Waals surface area contributed by atoms with E-state index in [-0.39, 0.29) is 6.04 Å². The maximum atomic E-state index is 10.7. The van der Waals surface area contributed by atoms with Gasteiger partial charge in [-0.2, -0.15) is 0 Å². The summed E-state index contributed by atoms with van der Waals surface area (Å²) in [6.45, 7) is 3.46. The lowest BCUT2D eigenvalue weighted by Crippen LogP contribution is -2.36. The zero-order valence-electron chi connectivity index (χ0n) is 22.4. The first kappa shape index (κ1) is 28.7. The van der Waals surface area contributed by atoms with E-state index in [1.54, 1.807) is 10.6 Å². The number of benzene rings is 2. The average molecular weight is 563 g/mol. The minimum atomic E-state index is 0.245. The molecule has 2 aromatic carbocycles. The average Bonchev–Trinajstić information content (AvgIpc) is 2.93. The highest BCUT2D eigenvalue weighted by atomic mass is 35.5. The van der Waals surface area contributed by atoms with Crippen molar-refractivity contribution in [1.29, 1.82) is 5.41 Å². The SMILES string of the molecule is CNC(CCC=O)CNCc1ccc(-c2cccc(-c3cccc(-c4ccc(=N)n(C)c4)c3Cl)c2Cl)nc1C. The highest BCUT2D eigenvalue weighted by molar-refractivity contribution is 6.39. The first-order valence-corrected chi connectivity index (χ1v) is 13.7. The Balaban J connectivity index is 1.59. The standard InChI is InChI=1S/C31H33Cl2N5O/c1-20-21(17-36-18-23(35-2)7-6-16-39)12-14-28(37-20)27-11-5-10-26(31(27)33)25-9-4-8-24(30(25)32)22-13-15-29(34)38(3)19-22/h4-5,8-16,19,23,34-36H,6-7,17-18H2,1-3H3. The molecule has 0 bridgehead atoms. The molecule has 202 valence electrons. The molecule has 0 saturated heterocycles. The number of carbonyl (C=O) groups is 1. The predicted molar refractivity (Wildman–Crippen MR) is 160 cm³/mol. The Morgan fingerprint density at radius 3 is 2.28 bits per heavy atom. The number of hydrogen-bond donors (Lipinski definition) is 3. The second-order valence-corrected chi connectivity index (χ2v) is 10.3. The first-order valence-electron chi connectivity index (χ1n) is 12.9. The molecule has 4 aromatic rings. The van der Waals surface area contributed by atoms with Crippen molar-refractivity contribution in [3.63, 3.8) is 0 Å².